The van der Waals surface area contributed by atoms with Crippen molar-refractivity contribution in [2.45, 2.75) is 39.2 Å². The molecule has 86 valence electrons. The molecule has 0 aliphatic heterocycles. The second-order valence-corrected chi connectivity index (χ2v) is 3.24. The van der Waals surface area contributed by atoms with Crippen LogP contribution in [0, 0.1) is 0 Å². The van der Waals surface area contributed by atoms with Crippen LogP contribution < -0.4 is 0 Å². The van der Waals surface area contributed by atoms with Gasteiger partial charge in [-0.3, -0.25) is 9.63 Å². The van der Waals surface area contributed by atoms with Gasteiger partial charge in [0.1, 0.15) is 6.29 Å². The Kier molecular flexibility index (Phi) is 7.54. The number of hydrogen-bond donors (Lipinski definition) is 0. The van der Waals surface area contributed by atoms with Gasteiger partial charge in [0.2, 0.25) is 5.91 Å². The SMILES string of the molecule is CC/C=C/CC(=O)N(OC)C(C)CC=O. The van der Waals surface area contributed by atoms with Crippen molar-refractivity contribution in [3.63, 3.8) is 0 Å². The molecule has 0 radical (unpaired) electrons. The van der Waals surface area contributed by atoms with Gasteiger partial charge in [-0.1, -0.05) is 19.1 Å². The maximum absolute atomic E-state index is 11.6. The van der Waals surface area contributed by atoms with Crippen molar-refractivity contribution in [2.24, 2.45) is 0 Å². The Morgan fingerprint density at radius 2 is 2.13 bits per heavy atom. The number of allylic oxidation sites excluding steroid dienone is 1. The summed E-state index contributed by atoms with van der Waals surface area (Å²) in [6.07, 6.45) is 6.02. The highest BCUT2D eigenvalue weighted by Crippen LogP contribution is 2.05. The zero-order valence-electron chi connectivity index (χ0n) is 9.60. The highest BCUT2D eigenvalue weighted by molar-refractivity contribution is 5.77. The summed E-state index contributed by atoms with van der Waals surface area (Å²) in [6.45, 7) is 3.78. The third-order valence-corrected chi connectivity index (χ3v) is 1.98. The number of rotatable bonds is 7. The van der Waals surface area contributed by atoms with Crippen LogP contribution >= 0.6 is 0 Å². The van der Waals surface area contributed by atoms with Crippen LogP contribution in [0.2, 0.25) is 0 Å². The predicted molar refractivity (Wildman–Crippen MR) is 58.0 cm³/mol. The van der Waals surface area contributed by atoms with Gasteiger partial charge in [-0.15, -0.1) is 0 Å². The van der Waals surface area contributed by atoms with Crippen molar-refractivity contribution in [3.05, 3.63) is 12.2 Å². The van der Waals surface area contributed by atoms with Gasteiger partial charge in [0.05, 0.1) is 13.2 Å². The van der Waals surface area contributed by atoms with Gasteiger partial charge in [-0.05, 0) is 13.3 Å². The molecule has 0 aliphatic carbocycles. The molecule has 0 heterocycles. The lowest BCUT2D eigenvalue weighted by Crippen LogP contribution is -2.37. The normalized spacial score (nSPS) is 12.7. The predicted octanol–water partition coefficient (Wildman–Crippen LogP) is 1.71. The molecule has 0 aliphatic rings. The van der Waals surface area contributed by atoms with E-state index < -0.39 is 0 Å². The fourth-order valence-corrected chi connectivity index (χ4v) is 1.20. The number of carbonyl (C=O) groups is 2. The molecular weight excluding hydrogens is 194 g/mol. The summed E-state index contributed by atoms with van der Waals surface area (Å²) >= 11 is 0. The lowest BCUT2D eigenvalue weighted by Gasteiger charge is -2.24. The molecule has 0 saturated heterocycles. The van der Waals surface area contributed by atoms with Crippen molar-refractivity contribution < 1.29 is 14.4 Å². The van der Waals surface area contributed by atoms with Gasteiger partial charge in [-0.2, -0.15) is 0 Å². The van der Waals surface area contributed by atoms with Crippen molar-refractivity contribution >= 4 is 12.2 Å². The first-order valence-corrected chi connectivity index (χ1v) is 5.12. The minimum absolute atomic E-state index is 0.128. The average Bonchev–Trinajstić information content (AvgIpc) is 2.19. The Balaban J connectivity index is 4.20. The number of amides is 1. The molecule has 1 unspecified atom stereocenters. The molecule has 0 aromatic rings. The minimum Gasteiger partial charge on any atom is -0.303 e. The van der Waals surface area contributed by atoms with Crippen LogP contribution in [0.5, 0.6) is 0 Å². The van der Waals surface area contributed by atoms with Crippen LogP contribution in [-0.2, 0) is 14.4 Å². The lowest BCUT2D eigenvalue weighted by molar-refractivity contribution is -0.186. The van der Waals surface area contributed by atoms with Crippen molar-refractivity contribution in [1.82, 2.24) is 5.06 Å². The molecular formula is C11H19NO3. The molecule has 0 bridgehead atoms. The van der Waals surface area contributed by atoms with Crippen LogP contribution in [0.3, 0.4) is 0 Å². The molecule has 15 heavy (non-hydrogen) atoms. The van der Waals surface area contributed by atoms with Gasteiger partial charge >= 0.3 is 0 Å². The van der Waals surface area contributed by atoms with E-state index >= 15 is 0 Å². The average molecular weight is 213 g/mol. The Bertz CT molecular complexity index is 226. The van der Waals surface area contributed by atoms with E-state index in [1.807, 2.05) is 19.1 Å². The summed E-state index contributed by atoms with van der Waals surface area (Å²) in [5.41, 5.74) is 0. The monoisotopic (exact) mass is 213 g/mol. The quantitative estimate of drug-likeness (QED) is 0.367. The van der Waals surface area contributed by atoms with Gasteiger partial charge in [-0.25, -0.2) is 5.06 Å². The van der Waals surface area contributed by atoms with Crippen LogP contribution in [0.1, 0.15) is 33.1 Å². The molecule has 0 spiro atoms. The number of hydroxylamine groups is 2. The topological polar surface area (TPSA) is 46.6 Å². The zero-order chi connectivity index (χ0) is 11.7. The number of aldehydes is 1. The minimum atomic E-state index is -0.213. The number of carbonyl (C=O) groups excluding carboxylic acids is 2. The summed E-state index contributed by atoms with van der Waals surface area (Å²) < 4.78 is 0. The first kappa shape index (κ1) is 13.8. The van der Waals surface area contributed by atoms with Crippen LogP contribution in [-0.4, -0.2) is 30.4 Å². The van der Waals surface area contributed by atoms with Crippen molar-refractivity contribution in [3.8, 4) is 0 Å². The molecule has 0 fully saturated rings. The molecule has 4 heteroatoms. The third kappa shape index (κ3) is 5.32. The summed E-state index contributed by atoms with van der Waals surface area (Å²) in [4.78, 5) is 26.9. The molecule has 0 saturated carbocycles. The molecule has 0 aromatic heterocycles. The largest absolute Gasteiger partial charge is 0.303 e. The van der Waals surface area contributed by atoms with E-state index in [0.29, 0.717) is 6.42 Å². The molecule has 4 nitrogen and oxygen atoms in total. The third-order valence-electron chi connectivity index (χ3n) is 1.98. The van der Waals surface area contributed by atoms with E-state index in [2.05, 4.69) is 0 Å². The first-order chi connectivity index (χ1) is 7.17. The summed E-state index contributed by atoms with van der Waals surface area (Å²) in [5, 5.41) is 1.24. The lowest BCUT2D eigenvalue weighted by atomic mass is 10.2. The second-order valence-electron chi connectivity index (χ2n) is 3.24. The van der Waals surface area contributed by atoms with Gasteiger partial charge in [0.25, 0.3) is 0 Å². The van der Waals surface area contributed by atoms with Crippen LogP contribution in [0.25, 0.3) is 0 Å². The van der Waals surface area contributed by atoms with Crippen molar-refractivity contribution in [2.75, 3.05) is 7.11 Å². The highest BCUT2D eigenvalue weighted by atomic mass is 16.7. The van der Waals surface area contributed by atoms with E-state index in [1.165, 1.54) is 12.2 Å². The number of nitrogens with zero attached hydrogens (tertiary/aromatic N) is 1. The van der Waals surface area contributed by atoms with Crippen LogP contribution in [0.15, 0.2) is 12.2 Å². The summed E-state index contributed by atoms with van der Waals surface area (Å²) in [5.74, 6) is -0.128. The van der Waals surface area contributed by atoms with E-state index in [1.54, 1.807) is 6.92 Å². The van der Waals surface area contributed by atoms with E-state index in [4.69, 9.17) is 4.84 Å². The van der Waals surface area contributed by atoms with Gasteiger partial charge < -0.3 is 4.79 Å². The standard InChI is InChI=1S/C11H19NO3/c1-4-5-6-7-11(14)12(15-3)10(2)8-9-13/h5-6,9-10H,4,7-8H2,1-3H3/b6-5+. The first-order valence-electron chi connectivity index (χ1n) is 5.12. The van der Waals surface area contributed by atoms with E-state index in [9.17, 15) is 9.59 Å². The molecule has 1 amide bonds. The smallest absolute Gasteiger partial charge is 0.250 e. The maximum Gasteiger partial charge on any atom is 0.250 e. The Morgan fingerprint density at radius 1 is 1.47 bits per heavy atom. The zero-order valence-corrected chi connectivity index (χ0v) is 9.60. The van der Waals surface area contributed by atoms with Crippen LogP contribution in [0.4, 0.5) is 0 Å². The van der Waals surface area contributed by atoms with E-state index in [0.717, 1.165) is 12.7 Å². The Labute approximate surface area is 90.8 Å². The molecule has 0 aromatic carbocycles. The second kappa shape index (κ2) is 8.17. The summed E-state index contributed by atoms with van der Waals surface area (Å²) in [7, 11) is 1.43. The summed E-state index contributed by atoms with van der Waals surface area (Å²) in [6, 6.07) is -0.213. The van der Waals surface area contributed by atoms with Gasteiger partial charge in [0, 0.05) is 12.8 Å². The molecule has 0 N–H and O–H groups in total. The fraction of sp³-hybridized carbons (Fsp3) is 0.636. The fourth-order valence-electron chi connectivity index (χ4n) is 1.20. The molecule has 0 rings (SSSR count). The highest BCUT2D eigenvalue weighted by Gasteiger charge is 2.18. The van der Waals surface area contributed by atoms with E-state index in [-0.39, 0.29) is 18.4 Å². The van der Waals surface area contributed by atoms with Crippen molar-refractivity contribution in [1.29, 1.82) is 0 Å². The number of hydrogen-bond acceptors (Lipinski definition) is 3. The Morgan fingerprint density at radius 3 is 2.60 bits per heavy atom. The Hall–Kier alpha value is -1.16. The maximum atomic E-state index is 11.6. The molecule has 1 atom stereocenters. The van der Waals surface area contributed by atoms with Gasteiger partial charge in [0.15, 0.2) is 0 Å².